The minimum absolute atomic E-state index is 0.0957. The molecule has 0 saturated heterocycles. The van der Waals surface area contributed by atoms with Crippen LogP contribution in [0.15, 0.2) is 24.7 Å². The molecule has 20 heavy (non-hydrogen) atoms. The molecule has 1 atom stereocenters. The van der Waals surface area contributed by atoms with Crippen LogP contribution in [-0.2, 0) is 12.8 Å². The number of nitrogens with one attached hydrogen (secondary N) is 3. The molecule has 0 aromatic carbocycles. The number of urea groups is 1. The van der Waals surface area contributed by atoms with Crippen LogP contribution in [0.25, 0.3) is 0 Å². The third kappa shape index (κ3) is 2.75. The largest absolute Gasteiger partial charge is 0.348 e. The zero-order valence-electron chi connectivity index (χ0n) is 10.7. The van der Waals surface area contributed by atoms with Crippen molar-refractivity contribution in [3.05, 3.63) is 41.2 Å². The van der Waals surface area contributed by atoms with E-state index >= 15 is 0 Å². The number of aryl methyl sites for hydroxylation is 1. The lowest BCUT2D eigenvalue weighted by Crippen LogP contribution is -2.41. The predicted octanol–water partition coefficient (Wildman–Crippen LogP) is 2.14. The lowest BCUT2D eigenvalue weighted by atomic mass is 9.96. The van der Waals surface area contributed by atoms with E-state index in [1.807, 2.05) is 0 Å². The Hall–Kier alpha value is -2.08. The van der Waals surface area contributed by atoms with Gasteiger partial charge in [0.1, 0.15) is 0 Å². The minimum Gasteiger partial charge on any atom is -0.348 e. The predicted molar refractivity (Wildman–Crippen MR) is 75.8 cm³/mol. The third-order valence-corrected chi connectivity index (χ3v) is 3.63. The second-order valence-electron chi connectivity index (χ2n) is 4.71. The van der Waals surface area contributed by atoms with Crippen molar-refractivity contribution in [2.24, 2.45) is 0 Å². The van der Waals surface area contributed by atoms with Crippen LogP contribution in [0, 0.1) is 0 Å². The minimum atomic E-state index is -0.270. The first kappa shape index (κ1) is 12.9. The van der Waals surface area contributed by atoms with Gasteiger partial charge in [-0.2, -0.15) is 0 Å². The Labute approximate surface area is 121 Å². The van der Waals surface area contributed by atoms with Gasteiger partial charge in [-0.25, -0.2) is 14.8 Å². The van der Waals surface area contributed by atoms with E-state index in [-0.39, 0.29) is 17.2 Å². The van der Waals surface area contributed by atoms with Crippen LogP contribution < -0.4 is 10.6 Å². The molecule has 0 aliphatic heterocycles. The quantitative estimate of drug-likeness (QED) is 0.741. The molecule has 1 aliphatic carbocycles. The summed E-state index contributed by atoms with van der Waals surface area (Å²) < 4.78 is 0. The van der Waals surface area contributed by atoms with E-state index in [1.165, 1.54) is 0 Å². The second-order valence-corrected chi connectivity index (χ2v) is 5.07. The summed E-state index contributed by atoms with van der Waals surface area (Å²) in [6, 6.07) is 3.26. The Kier molecular flexibility index (Phi) is 3.56. The number of aromatic nitrogens is 3. The Balaban J connectivity index is 1.59. The highest BCUT2D eigenvalue weighted by molar-refractivity contribution is 6.32. The maximum absolute atomic E-state index is 11.9. The Morgan fingerprint density at radius 2 is 2.35 bits per heavy atom. The maximum atomic E-state index is 11.9. The van der Waals surface area contributed by atoms with Crippen molar-refractivity contribution >= 4 is 23.3 Å². The van der Waals surface area contributed by atoms with Gasteiger partial charge in [0.05, 0.1) is 17.7 Å². The van der Waals surface area contributed by atoms with Crippen molar-refractivity contribution in [2.45, 2.75) is 25.3 Å². The molecular weight excluding hydrogens is 278 g/mol. The van der Waals surface area contributed by atoms with Crippen molar-refractivity contribution in [3.8, 4) is 0 Å². The van der Waals surface area contributed by atoms with Crippen LogP contribution in [0.5, 0.6) is 0 Å². The van der Waals surface area contributed by atoms with Gasteiger partial charge < -0.3 is 15.6 Å². The van der Waals surface area contributed by atoms with Gasteiger partial charge in [0, 0.05) is 24.4 Å². The van der Waals surface area contributed by atoms with E-state index in [4.69, 9.17) is 11.6 Å². The zero-order valence-corrected chi connectivity index (χ0v) is 11.4. The molecule has 3 N–H and O–H groups in total. The molecule has 0 fully saturated rings. The molecule has 104 valence electrons. The molecule has 2 amide bonds. The van der Waals surface area contributed by atoms with Gasteiger partial charge in [-0.05, 0) is 25.0 Å². The monoisotopic (exact) mass is 291 g/mol. The van der Waals surface area contributed by atoms with E-state index in [1.54, 1.807) is 24.7 Å². The molecule has 0 radical (unpaired) electrons. The molecular formula is C13H14ClN5O. The number of carbonyl (C=O) groups is 1. The first-order valence-corrected chi connectivity index (χ1v) is 6.79. The molecule has 2 aromatic rings. The van der Waals surface area contributed by atoms with Crippen molar-refractivity contribution in [1.29, 1.82) is 0 Å². The average molecular weight is 292 g/mol. The van der Waals surface area contributed by atoms with Crippen molar-refractivity contribution in [1.82, 2.24) is 20.3 Å². The molecule has 7 heteroatoms. The van der Waals surface area contributed by atoms with Crippen molar-refractivity contribution in [3.63, 3.8) is 0 Å². The molecule has 2 aromatic heterocycles. The summed E-state index contributed by atoms with van der Waals surface area (Å²) in [6.45, 7) is 0. The number of aromatic amines is 1. The van der Waals surface area contributed by atoms with E-state index in [0.717, 1.165) is 30.7 Å². The lowest BCUT2D eigenvalue weighted by molar-refractivity contribution is 0.247. The molecule has 2 heterocycles. The molecule has 3 rings (SSSR count). The first-order chi connectivity index (χ1) is 9.72. The Morgan fingerprint density at radius 1 is 1.45 bits per heavy atom. The number of halogens is 1. The summed E-state index contributed by atoms with van der Waals surface area (Å²) in [5, 5.41) is 5.93. The van der Waals surface area contributed by atoms with Gasteiger partial charge in [-0.3, -0.25) is 0 Å². The van der Waals surface area contributed by atoms with E-state index < -0.39 is 0 Å². The molecule has 0 saturated carbocycles. The molecule has 0 bridgehead atoms. The Bertz CT molecular complexity index is 627. The van der Waals surface area contributed by atoms with Crippen LogP contribution in [0.1, 0.15) is 17.8 Å². The average Bonchev–Trinajstić information content (AvgIpc) is 2.89. The number of anilines is 1. The summed E-state index contributed by atoms with van der Waals surface area (Å²) in [5.74, 6) is 0. The smallest absolute Gasteiger partial charge is 0.319 e. The number of imidazole rings is 1. The van der Waals surface area contributed by atoms with Gasteiger partial charge >= 0.3 is 6.03 Å². The van der Waals surface area contributed by atoms with E-state index in [2.05, 4.69) is 25.6 Å². The highest BCUT2D eigenvalue weighted by Crippen LogP contribution is 2.19. The molecule has 6 nitrogen and oxygen atoms in total. The topological polar surface area (TPSA) is 82.7 Å². The number of pyridine rings is 1. The highest BCUT2D eigenvalue weighted by atomic mass is 35.5. The fourth-order valence-corrected chi connectivity index (χ4v) is 2.51. The second kappa shape index (κ2) is 5.50. The molecule has 0 unspecified atom stereocenters. The third-order valence-electron chi connectivity index (χ3n) is 3.33. The summed E-state index contributed by atoms with van der Waals surface area (Å²) in [7, 11) is 0. The first-order valence-electron chi connectivity index (χ1n) is 6.41. The van der Waals surface area contributed by atoms with Crippen LogP contribution in [0.2, 0.25) is 5.15 Å². The number of fused-ring (bicyclic) bond motifs is 1. The van der Waals surface area contributed by atoms with Gasteiger partial charge in [0.15, 0.2) is 5.15 Å². The number of H-pyrrole nitrogens is 1. The number of hydrogen-bond donors (Lipinski definition) is 3. The van der Waals surface area contributed by atoms with Crippen molar-refractivity contribution < 1.29 is 4.79 Å². The van der Waals surface area contributed by atoms with Gasteiger partial charge in [-0.1, -0.05) is 11.6 Å². The van der Waals surface area contributed by atoms with E-state index in [0.29, 0.717) is 5.69 Å². The number of amides is 2. The molecule has 0 spiro atoms. The fraction of sp³-hybridized carbons (Fsp3) is 0.308. The zero-order chi connectivity index (χ0) is 13.9. The number of hydrogen-bond acceptors (Lipinski definition) is 3. The Morgan fingerprint density at radius 3 is 3.20 bits per heavy atom. The summed E-state index contributed by atoms with van der Waals surface area (Å²) in [5.41, 5.74) is 2.70. The van der Waals surface area contributed by atoms with Crippen LogP contribution in [0.3, 0.4) is 0 Å². The lowest BCUT2D eigenvalue weighted by Gasteiger charge is -2.22. The number of nitrogens with zero attached hydrogens (tertiary/aromatic N) is 2. The SMILES string of the molecule is O=C(Nc1cccnc1Cl)N[C@H]1CCc2nc[nH]c2C1. The maximum Gasteiger partial charge on any atom is 0.319 e. The van der Waals surface area contributed by atoms with Crippen LogP contribution >= 0.6 is 11.6 Å². The van der Waals surface area contributed by atoms with Crippen LogP contribution in [-0.4, -0.2) is 27.0 Å². The summed E-state index contributed by atoms with van der Waals surface area (Å²) in [4.78, 5) is 23.2. The van der Waals surface area contributed by atoms with Crippen LogP contribution in [0.4, 0.5) is 10.5 Å². The fourth-order valence-electron chi connectivity index (χ4n) is 2.35. The van der Waals surface area contributed by atoms with Gasteiger partial charge in [-0.15, -0.1) is 0 Å². The number of carbonyl (C=O) groups excluding carboxylic acids is 1. The normalized spacial score (nSPS) is 17.4. The summed E-state index contributed by atoms with van der Waals surface area (Å²) in [6.07, 6.45) is 5.79. The van der Waals surface area contributed by atoms with Gasteiger partial charge in [0.25, 0.3) is 0 Å². The standard InChI is InChI=1S/C13H14ClN5O/c14-12-10(2-1-5-15-12)19-13(20)18-8-3-4-9-11(6-8)17-7-16-9/h1-2,5,7-8H,3-4,6H2,(H,16,17)(H2,18,19,20)/t8-/m0/s1. The highest BCUT2D eigenvalue weighted by Gasteiger charge is 2.22. The van der Waals surface area contributed by atoms with Gasteiger partial charge in [0.2, 0.25) is 0 Å². The molecule has 1 aliphatic rings. The van der Waals surface area contributed by atoms with Crippen molar-refractivity contribution in [2.75, 3.05) is 5.32 Å². The van der Waals surface area contributed by atoms with E-state index in [9.17, 15) is 4.79 Å². The summed E-state index contributed by atoms with van der Waals surface area (Å²) >= 11 is 5.90. The number of rotatable bonds is 2.